The van der Waals surface area contributed by atoms with Crippen LogP contribution in [0.1, 0.15) is 27.4 Å². The van der Waals surface area contributed by atoms with Crippen LogP contribution in [0.2, 0.25) is 0 Å². The van der Waals surface area contributed by atoms with E-state index in [1.54, 1.807) is 19.1 Å². The summed E-state index contributed by atoms with van der Waals surface area (Å²) < 4.78 is 23.1. The first-order chi connectivity index (χ1) is 9.51. The summed E-state index contributed by atoms with van der Waals surface area (Å²) in [6.07, 6.45) is 0. The van der Waals surface area contributed by atoms with Gasteiger partial charge >= 0.3 is 5.97 Å². The van der Waals surface area contributed by atoms with E-state index in [0.717, 1.165) is 11.3 Å². The lowest BCUT2D eigenvalue weighted by molar-refractivity contribution is 0.0599. The molecule has 0 fully saturated rings. The number of hydrogen-bond acceptors (Lipinski definition) is 4. The Morgan fingerprint density at radius 1 is 1.35 bits per heavy atom. The molecule has 0 aliphatic rings. The molecule has 0 aliphatic carbocycles. The Bertz CT molecular complexity index is 634. The molecule has 0 unspecified atom stereocenters. The van der Waals surface area contributed by atoms with E-state index in [9.17, 15) is 9.18 Å². The number of benzene rings is 1. The molecule has 5 heteroatoms. The van der Waals surface area contributed by atoms with E-state index in [4.69, 9.17) is 4.42 Å². The molecule has 20 heavy (non-hydrogen) atoms. The maximum absolute atomic E-state index is 13.0. The van der Waals surface area contributed by atoms with E-state index >= 15 is 0 Å². The van der Waals surface area contributed by atoms with Gasteiger partial charge in [-0.05, 0) is 43.7 Å². The summed E-state index contributed by atoms with van der Waals surface area (Å²) in [5, 5.41) is 3.14. The molecule has 0 amide bonds. The summed E-state index contributed by atoms with van der Waals surface area (Å²) in [6.45, 7) is 3.93. The zero-order valence-corrected chi connectivity index (χ0v) is 11.6. The van der Waals surface area contributed by atoms with Crippen molar-refractivity contribution in [1.82, 2.24) is 0 Å². The fourth-order valence-corrected chi connectivity index (χ4v) is 1.95. The van der Waals surface area contributed by atoms with Gasteiger partial charge in [0.25, 0.3) is 0 Å². The maximum atomic E-state index is 13.0. The first-order valence-electron chi connectivity index (χ1n) is 6.19. The number of rotatable bonds is 4. The number of hydrogen-bond donors (Lipinski definition) is 1. The van der Waals surface area contributed by atoms with Crippen molar-refractivity contribution in [2.75, 3.05) is 12.4 Å². The average molecular weight is 277 g/mol. The molecule has 2 rings (SSSR count). The Hall–Kier alpha value is -2.30. The van der Waals surface area contributed by atoms with Crippen molar-refractivity contribution in [3.8, 4) is 0 Å². The van der Waals surface area contributed by atoms with Crippen LogP contribution < -0.4 is 5.32 Å². The number of nitrogens with one attached hydrogen (secondary N) is 1. The third-order valence-electron chi connectivity index (χ3n) is 3.02. The van der Waals surface area contributed by atoms with Crippen LogP contribution in [0.3, 0.4) is 0 Å². The minimum absolute atomic E-state index is 0.269. The van der Waals surface area contributed by atoms with Gasteiger partial charge < -0.3 is 14.5 Å². The zero-order valence-electron chi connectivity index (χ0n) is 11.6. The van der Waals surface area contributed by atoms with Crippen molar-refractivity contribution in [2.45, 2.75) is 20.4 Å². The molecular formula is C15H16FNO3. The van der Waals surface area contributed by atoms with Crippen LogP contribution in [0, 0.1) is 19.7 Å². The van der Waals surface area contributed by atoms with Gasteiger partial charge in [0.2, 0.25) is 0 Å². The zero-order chi connectivity index (χ0) is 14.7. The third-order valence-corrected chi connectivity index (χ3v) is 3.02. The van der Waals surface area contributed by atoms with E-state index in [-0.39, 0.29) is 5.82 Å². The molecule has 0 saturated heterocycles. The van der Waals surface area contributed by atoms with Crippen LogP contribution in [0.15, 0.2) is 28.7 Å². The lowest BCUT2D eigenvalue weighted by Crippen LogP contribution is -2.01. The summed E-state index contributed by atoms with van der Waals surface area (Å²) in [6, 6.07) is 6.16. The molecule has 0 radical (unpaired) electrons. The second-order valence-electron chi connectivity index (χ2n) is 4.49. The highest BCUT2D eigenvalue weighted by Crippen LogP contribution is 2.19. The second kappa shape index (κ2) is 5.77. The van der Waals surface area contributed by atoms with Gasteiger partial charge in [-0.15, -0.1) is 0 Å². The standard InChI is InChI=1S/C15H16FNO3/c1-9-6-11(16)4-5-14(9)17-8-12-7-13(10(2)20-12)15(18)19-3/h4-7,17H,8H2,1-3H3. The molecule has 106 valence electrons. The number of esters is 1. The smallest absolute Gasteiger partial charge is 0.341 e. The van der Waals surface area contributed by atoms with Crippen LogP contribution >= 0.6 is 0 Å². The number of carbonyl (C=O) groups is 1. The van der Waals surface area contributed by atoms with Crippen LogP contribution in [0.4, 0.5) is 10.1 Å². The Morgan fingerprint density at radius 3 is 2.75 bits per heavy atom. The Morgan fingerprint density at radius 2 is 2.10 bits per heavy atom. The van der Waals surface area contributed by atoms with Gasteiger partial charge in [-0.2, -0.15) is 0 Å². The molecule has 1 heterocycles. The number of carbonyl (C=O) groups excluding carboxylic acids is 1. The highest BCUT2D eigenvalue weighted by molar-refractivity contribution is 5.90. The molecule has 1 aromatic heterocycles. The van der Waals surface area contributed by atoms with E-state index < -0.39 is 5.97 Å². The molecule has 0 atom stereocenters. The highest BCUT2D eigenvalue weighted by Gasteiger charge is 2.15. The summed E-state index contributed by atoms with van der Waals surface area (Å²) in [5.41, 5.74) is 2.04. The van der Waals surface area contributed by atoms with Gasteiger partial charge in [-0.25, -0.2) is 9.18 Å². The largest absolute Gasteiger partial charge is 0.465 e. The lowest BCUT2D eigenvalue weighted by Gasteiger charge is -2.07. The van der Waals surface area contributed by atoms with Gasteiger partial charge in [0.05, 0.1) is 13.7 Å². The van der Waals surface area contributed by atoms with Crippen molar-refractivity contribution in [3.05, 3.63) is 52.7 Å². The molecule has 2 aromatic rings. The summed E-state index contributed by atoms with van der Waals surface area (Å²) >= 11 is 0. The quantitative estimate of drug-likeness (QED) is 0.870. The molecule has 1 aromatic carbocycles. The summed E-state index contributed by atoms with van der Waals surface area (Å²) in [7, 11) is 1.33. The van der Waals surface area contributed by atoms with Gasteiger partial charge in [0, 0.05) is 5.69 Å². The van der Waals surface area contributed by atoms with E-state index in [1.807, 2.05) is 6.92 Å². The monoisotopic (exact) mass is 277 g/mol. The first-order valence-corrected chi connectivity index (χ1v) is 6.19. The Balaban J connectivity index is 2.09. The molecule has 0 saturated carbocycles. The Labute approximate surface area is 116 Å². The van der Waals surface area contributed by atoms with Crippen molar-refractivity contribution >= 4 is 11.7 Å². The number of methoxy groups -OCH3 is 1. The third kappa shape index (κ3) is 2.99. The fourth-order valence-electron chi connectivity index (χ4n) is 1.95. The van der Waals surface area contributed by atoms with Gasteiger partial charge in [-0.1, -0.05) is 0 Å². The minimum atomic E-state index is -0.421. The van der Waals surface area contributed by atoms with Crippen LogP contribution in [-0.4, -0.2) is 13.1 Å². The van der Waals surface area contributed by atoms with Crippen molar-refractivity contribution < 1.29 is 18.3 Å². The molecular weight excluding hydrogens is 261 g/mol. The molecule has 0 aliphatic heterocycles. The molecule has 1 N–H and O–H groups in total. The summed E-state index contributed by atoms with van der Waals surface area (Å²) in [4.78, 5) is 11.5. The second-order valence-corrected chi connectivity index (χ2v) is 4.49. The number of furan rings is 1. The van der Waals surface area contributed by atoms with E-state index in [2.05, 4.69) is 10.1 Å². The molecule has 0 spiro atoms. The fraction of sp³-hybridized carbons (Fsp3) is 0.267. The van der Waals surface area contributed by atoms with Crippen LogP contribution in [0.5, 0.6) is 0 Å². The maximum Gasteiger partial charge on any atom is 0.341 e. The van der Waals surface area contributed by atoms with Gasteiger partial charge in [0.15, 0.2) is 0 Å². The number of anilines is 1. The SMILES string of the molecule is COC(=O)c1cc(CNc2ccc(F)cc2C)oc1C. The normalized spacial score (nSPS) is 10.4. The molecule has 0 bridgehead atoms. The van der Waals surface area contributed by atoms with Gasteiger partial charge in [-0.3, -0.25) is 0 Å². The number of halogens is 1. The average Bonchev–Trinajstić information content (AvgIpc) is 2.78. The lowest BCUT2D eigenvalue weighted by atomic mass is 10.2. The molecule has 4 nitrogen and oxygen atoms in total. The first kappa shape index (κ1) is 14.1. The van der Waals surface area contributed by atoms with Crippen molar-refractivity contribution in [3.63, 3.8) is 0 Å². The predicted octanol–water partition coefficient (Wildman–Crippen LogP) is 3.43. The van der Waals surface area contributed by atoms with Crippen LogP contribution in [-0.2, 0) is 11.3 Å². The van der Waals surface area contributed by atoms with E-state index in [1.165, 1.54) is 19.2 Å². The Kier molecular flexibility index (Phi) is 4.08. The minimum Gasteiger partial charge on any atom is -0.465 e. The summed E-state index contributed by atoms with van der Waals surface area (Å²) in [5.74, 6) is 0.446. The predicted molar refractivity (Wildman–Crippen MR) is 73.2 cm³/mol. The van der Waals surface area contributed by atoms with Crippen LogP contribution in [0.25, 0.3) is 0 Å². The topological polar surface area (TPSA) is 51.5 Å². The highest BCUT2D eigenvalue weighted by atomic mass is 19.1. The van der Waals surface area contributed by atoms with Gasteiger partial charge in [0.1, 0.15) is 22.9 Å². The number of ether oxygens (including phenoxy) is 1. The van der Waals surface area contributed by atoms with Crippen molar-refractivity contribution in [1.29, 1.82) is 0 Å². The number of aryl methyl sites for hydroxylation is 2. The van der Waals surface area contributed by atoms with E-state index in [0.29, 0.717) is 23.6 Å². The van der Waals surface area contributed by atoms with Crippen molar-refractivity contribution in [2.24, 2.45) is 0 Å².